The minimum Gasteiger partial charge on any atom is -0.497 e. The van der Waals surface area contributed by atoms with E-state index in [4.69, 9.17) is 4.74 Å². The molecule has 0 bridgehead atoms. The average Bonchev–Trinajstić information content (AvgIpc) is 3.49. The van der Waals surface area contributed by atoms with Crippen LogP contribution >= 0.6 is 11.3 Å². The van der Waals surface area contributed by atoms with Crippen molar-refractivity contribution in [3.8, 4) is 38.7 Å². The molecule has 2 aromatic heterocycles. The van der Waals surface area contributed by atoms with Crippen LogP contribution in [0.5, 0.6) is 5.75 Å². The first-order valence-electron chi connectivity index (χ1n) is 10.2. The zero-order valence-corrected chi connectivity index (χ0v) is 18.6. The lowest BCUT2D eigenvalue weighted by molar-refractivity contribution is 0.414. The Balaban J connectivity index is 1.29. The first-order valence-corrected chi connectivity index (χ1v) is 11.0. The second kappa shape index (κ2) is 8.72. The molecule has 0 unspecified atom stereocenters. The highest BCUT2D eigenvalue weighted by molar-refractivity contribution is 7.14. The third-order valence-corrected chi connectivity index (χ3v) is 6.10. The van der Waals surface area contributed by atoms with Crippen LogP contribution in [0.3, 0.4) is 0 Å². The van der Waals surface area contributed by atoms with Crippen molar-refractivity contribution in [2.45, 2.75) is 13.5 Å². The standard InChI is InChI=1S/C25H21N5OS/c1-17-26-28-25(32-17)22-11-7-20(8-12-22)19-5-9-21(10-6-19)24-16-30(29-27-24)15-18-3-13-23(31-2)14-4-18/h3-14,16H,15H2,1-2H3. The smallest absolute Gasteiger partial charge is 0.147 e. The summed E-state index contributed by atoms with van der Waals surface area (Å²) in [6.07, 6.45) is 1.97. The predicted octanol–water partition coefficient (Wildman–Crippen LogP) is 5.50. The van der Waals surface area contributed by atoms with E-state index in [9.17, 15) is 0 Å². The van der Waals surface area contributed by atoms with Crippen LogP contribution < -0.4 is 4.74 Å². The maximum absolute atomic E-state index is 5.21. The van der Waals surface area contributed by atoms with Gasteiger partial charge in [-0.1, -0.05) is 77.2 Å². The second-order valence-electron chi connectivity index (χ2n) is 7.43. The third kappa shape index (κ3) is 4.29. The first kappa shape index (κ1) is 20.1. The van der Waals surface area contributed by atoms with E-state index < -0.39 is 0 Å². The summed E-state index contributed by atoms with van der Waals surface area (Å²) in [4.78, 5) is 0. The lowest BCUT2D eigenvalue weighted by atomic mass is 10.0. The number of benzene rings is 3. The number of methoxy groups -OCH3 is 1. The molecule has 0 radical (unpaired) electrons. The van der Waals surface area contributed by atoms with Crippen molar-refractivity contribution in [2.75, 3.05) is 7.11 Å². The van der Waals surface area contributed by atoms with Gasteiger partial charge in [-0.15, -0.1) is 15.3 Å². The van der Waals surface area contributed by atoms with Crippen molar-refractivity contribution in [3.63, 3.8) is 0 Å². The van der Waals surface area contributed by atoms with E-state index in [0.29, 0.717) is 6.54 Å². The molecule has 6 nitrogen and oxygen atoms in total. The average molecular weight is 440 g/mol. The fraction of sp³-hybridized carbons (Fsp3) is 0.120. The number of nitrogens with zero attached hydrogens (tertiary/aromatic N) is 5. The van der Waals surface area contributed by atoms with Crippen molar-refractivity contribution >= 4 is 11.3 Å². The van der Waals surface area contributed by atoms with Crippen LogP contribution in [-0.2, 0) is 6.54 Å². The number of aromatic nitrogens is 5. The summed E-state index contributed by atoms with van der Waals surface area (Å²) in [7, 11) is 1.67. The number of hydrogen-bond acceptors (Lipinski definition) is 6. The van der Waals surface area contributed by atoms with E-state index in [-0.39, 0.29) is 0 Å². The minimum absolute atomic E-state index is 0.662. The minimum atomic E-state index is 0.662. The molecule has 5 aromatic rings. The van der Waals surface area contributed by atoms with Crippen LogP contribution in [0.25, 0.3) is 33.0 Å². The Hall–Kier alpha value is -3.84. The Bertz CT molecular complexity index is 1320. The monoisotopic (exact) mass is 439 g/mol. The Labute approximate surface area is 190 Å². The van der Waals surface area contributed by atoms with E-state index >= 15 is 0 Å². The van der Waals surface area contributed by atoms with Crippen LogP contribution in [0.15, 0.2) is 79.0 Å². The van der Waals surface area contributed by atoms with E-state index in [1.54, 1.807) is 18.4 Å². The predicted molar refractivity (Wildman–Crippen MR) is 127 cm³/mol. The van der Waals surface area contributed by atoms with Crippen molar-refractivity contribution in [2.24, 2.45) is 0 Å². The van der Waals surface area contributed by atoms with Gasteiger partial charge in [-0.3, -0.25) is 0 Å². The Morgan fingerprint density at radius 1 is 0.750 bits per heavy atom. The van der Waals surface area contributed by atoms with Crippen molar-refractivity contribution in [3.05, 3.63) is 89.6 Å². The molecule has 0 aliphatic heterocycles. The molecule has 3 aromatic carbocycles. The SMILES string of the molecule is COc1ccc(Cn2cc(-c3ccc(-c4ccc(-c5nnc(C)s5)cc4)cc3)nn2)cc1. The topological polar surface area (TPSA) is 65.7 Å². The Morgan fingerprint density at radius 3 is 1.97 bits per heavy atom. The normalized spacial score (nSPS) is 10.9. The third-order valence-electron chi connectivity index (χ3n) is 5.21. The molecule has 7 heteroatoms. The molecule has 0 N–H and O–H groups in total. The zero-order valence-electron chi connectivity index (χ0n) is 17.8. The van der Waals surface area contributed by atoms with Gasteiger partial charge in [0.1, 0.15) is 21.5 Å². The zero-order chi connectivity index (χ0) is 21.9. The number of ether oxygens (including phenoxy) is 1. The van der Waals surface area contributed by atoms with E-state index in [2.05, 4.69) is 69.0 Å². The largest absolute Gasteiger partial charge is 0.497 e. The Kier molecular flexibility index (Phi) is 5.47. The van der Waals surface area contributed by atoms with Gasteiger partial charge < -0.3 is 4.74 Å². The molecule has 5 rings (SSSR count). The number of hydrogen-bond donors (Lipinski definition) is 0. The summed E-state index contributed by atoms with van der Waals surface area (Å²) in [5, 5.41) is 18.9. The van der Waals surface area contributed by atoms with Crippen LogP contribution in [0.2, 0.25) is 0 Å². The maximum atomic E-state index is 5.21. The van der Waals surface area contributed by atoms with E-state index in [0.717, 1.165) is 49.3 Å². The summed E-state index contributed by atoms with van der Waals surface area (Å²) >= 11 is 1.60. The van der Waals surface area contributed by atoms with Crippen LogP contribution in [0, 0.1) is 6.92 Å². The lowest BCUT2D eigenvalue weighted by Gasteiger charge is -2.04. The highest BCUT2D eigenvalue weighted by Gasteiger charge is 2.07. The van der Waals surface area contributed by atoms with Gasteiger partial charge in [0.25, 0.3) is 0 Å². The molecule has 0 fully saturated rings. The number of rotatable bonds is 6. The molecule has 158 valence electrons. The van der Waals surface area contributed by atoms with Crippen molar-refractivity contribution in [1.29, 1.82) is 0 Å². The van der Waals surface area contributed by atoms with E-state index in [1.165, 1.54) is 0 Å². The van der Waals surface area contributed by atoms with Gasteiger partial charge in [-0.25, -0.2) is 4.68 Å². The highest BCUT2D eigenvalue weighted by Crippen LogP contribution is 2.28. The number of aryl methyl sites for hydroxylation is 1. The van der Waals surface area contributed by atoms with Crippen molar-refractivity contribution < 1.29 is 4.74 Å². The van der Waals surface area contributed by atoms with Gasteiger partial charge in [-0.05, 0) is 35.7 Å². The fourth-order valence-electron chi connectivity index (χ4n) is 3.48. The van der Waals surface area contributed by atoms with Crippen LogP contribution in [0.4, 0.5) is 0 Å². The van der Waals surface area contributed by atoms with Gasteiger partial charge in [0, 0.05) is 11.1 Å². The summed E-state index contributed by atoms with van der Waals surface area (Å²) in [6, 6.07) is 24.8. The summed E-state index contributed by atoms with van der Waals surface area (Å²) in [5.41, 5.74) is 6.43. The fourth-order valence-corrected chi connectivity index (χ4v) is 4.17. The molecule has 0 aliphatic rings. The van der Waals surface area contributed by atoms with Gasteiger partial charge in [0.2, 0.25) is 0 Å². The molecule has 0 aliphatic carbocycles. The van der Waals surface area contributed by atoms with Gasteiger partial charge in [0.05, 0.1) is 19.9 Å². The van der Waals surface area contributed by atoms with E-state index in [1.807, 2.05) is 42.1 Å². The highest BCUT2D eigenvalue weighted by atomic mass is 32.1. The van der Waals surface area contributed by atoms with Crippen LogP contribution in [-0.4, -0.2) is 32.3 Å². The molecular weight excluding hydrogens is 418 g/mol. The second-order valence-corrected chi connectivity index (χ2v) is 8.61. The maximum Gasteiger partial charge on any atom is 0.147 e. The molecule has 2 heterocycles. The summed E-state index contributed by atoms with van der Waals surface area (Å²) in [5.74, 6) is 0.845. The lowest BCUT2D eigenvalue weighted by Crippen LogP contribution is -2.00. The van der Waals surface area contributed by atoms with Crippen molar-refractivity contribution in [1.82, 2.24) is 25.2 Å². The molecule has 0 atom stereocenters. The first-order chi connectivity index (χ1) is 15.7. The summed E-state index contributed by atoms with van der Waals surface area (Å²) in [6.45, 7) is 2.63. The van der Waals surface area contributed by atoms with Crippen LogP contribution in [0.1, 0.15) is 10.6 Å². The quantitative estimate of drug-likeness (QED) is 0.350. The molecule has 0 saturated heterocycles. The molecular formula is C25H21N5OS. The van der Waals surface area contributed by atoms with Gasteiger partial charge >= 0.3 is 0 Å². The summed E-state index contributed by atoms with van der Waals surface area (Å²) < 4.78 is 7.06. The molecule has 0 saturated carbocycles. The molecule has 0 spiro atoms. The molecule has 0 amide bonds. The van der Waals surface area contributed by atoms with Gasteiger partial charge in [-0.2, -0.15) is 0 Å². The Morgan fingerprint density at radius 2 is 1.38 bits per heavy atom. The van der Waals surface area contributed by atoms with Gasteiger partial charge in [0.15, 0.2) is 0 Å². The molecule has 32 heavy (non-hydrogen) atoms.